The van der Waals surface area contributed by atoms with Crippen LogP contribution in [-0.2, 0) is 19.2 Å². The van der Waals surface area contributed by atoms with Crippen LogP contribution in [0.15, 0.2) is 63.4 Å². The monoisotopic (exact) mass is 307 g/mol. The Kier molecular flexibility index (Phi) is 5.16. The minimum absolute atomic E-state index is 0.0275. The highest BCUT2D eigenvalue weighted by Gasteiger charge is 2.17. The van der Waals surface area contributed by atoms with Crippen LogP contribution in [0.2, 0.25) is 0 Å². The summed E-state index contributed by atoms with van der Waals surface area (Å²) in [5, 5.41) is 1.44. The first-order valence-corrected chi connectivity index (χ1v) is 8.15. The molecule has 1 atom stereocenters. The Hall–Kier alpha value is -2.08. The Balaban J connectivity index is 2.41. The molecule has 0 bridgehead atoms. The molecular formula is C15H17NO4S. The van der Waals surface area contributed by atoms with E-state index in [0.717, 1.165) is 6.42 Å². The first-order chi connectivity index (χ1) is 10.1. The van der Waals surface area contributed by atoms with E-state index in [0.29, 0.717) is 23.7 Å². The van der Waals surface area contributed by atoms with Gasteiger partial charge in [0.05, 0.1) is 16.9 Å². The van der Waals surface area contributed by atoms with Gasteiger partial charge in [-0.25, -0.2) is 9.00 Å². The lowest BCUT2D eigenvalue weighted by molar-refractivity contribution is 0.170. The highest BCUT2D eigenvalue weighted by Crippen LogP contribution is 2.23. The molecule has 1 amide bonds. The van der Waals surface area contributed by atoms with Gasteiger partial charge in [-0.3, -0.25) is 0 Å². The van der Waals surface area contributed by atoms with E-state index in [1.165, 1.54) is 11.5 Å². The van der Waals surface area contributed by atoms with Gasteiger partial charge in [0.1, 0.15) is 22.1 Å². The molecule has 0 aliphatic carbocycles. The van der Waals surface area contributed by atoms with Crippen LogP contribution in [0.1, 0.15) is 12.8 Å². The van der Waals surface area contributed by atoms with E-state index in [-0.39, 0.29) is 6.61 Å². The average molecular weight is 307 g/mol. The lowest BCUT2D eigenvalue weighted by Crippen LogP contribution is -2.05. The van der Waals surface area contributed by atoms with E-state index in [1.54, 1.807) is 30.3 Å². The highest BCUT2D eigenvalue weighted by atomic mass is 32.2. The lowest BCUT2D eigenvalue weighted by atomic mass is 10.3. The summed E-state index contributed by atoms with van der Waals surface area (Å²) in [6.45, 7) is 4.07. The summed E-state index contributed by atoms with van der Waals surface area (Å²) < 4.78 is 27.0. The third kappa shape index (κ3) is 4.19. The molecule has 1 aliphatic heterocycles. The van der Waals surface area contributed by atoms with Gasteiger partial charge in [0, 0.05) is 6.42 Å². The lowest BCUT2D eigenvalue weighted by Gasteiger charge is -2.07. The molecule has 0 spiro atoms. The number of rotatable bonds is 4. The number of benzene rings is 1. The van der Waals surface area contributed by atoms with Crippen LogP contribution >= 0.6 is 0 Å². The van der Waals surface area contributed by atoms with Crippen LogP contribution in [0.4, 0.5) is 4.79 Å². The number of hydrogen-bond donors (Lipinski definition) is 0. The second-order valence-corrected chi connectivity index (χ2v) is 6.40. The van der Waals surface area contributed by atoms with Crippen LogP contribution in [0, 0.1) is 0 Å². The number of ether oxygens (including phenoxy) is 2. The minimum Gasteiger partial charge on any atom is -0.497 e. The summed E-state index contributed by atoms with van der Waals surface area (Å²) in [6, 6.07) is 8.62. The van der Waals surface area contributed by atoms with Gasteiger partial charge in [-0.2, -0.15) is 0 Å². The van der Waals surface area contributed by atoms with E-state index in [9.17, 15) is 9.00 Å². The summed E-state index contributed by atoms with van der Waals surface area (Å²) in [7, 11) is -3.05. The molecule has 1 aromatic rings. The summed E-state index contributed by atoms with van der Waals surface area (Å²) in [6.07, 6.45) is 2.12. The third-order valence-corrected chi connectivity index (χ3v) is 4.71. The van der Waals surface area contributed by atoms with Crippen molar-refractivity contribution in [3.8, 4) is 0 Å². The SMILES string of the molecule is C=CCOC(=O)N=S(=O)(/C=C1/CCCO1)c1ccccc1. The number of carbonyl (C=O) groups excluding carboxylic acids is 1. The quantitative estimate of drug-likeness (QED) is 0.799. The summed E-state index contributed by atoms with van der Waals surface area (Å²) in [5.74, 6) is 0.601. The molecule has 1 unspecified atom stereocenters. The van der Waals surface area contributed by atoms with Crippen LogP contribution in [0.3, 0.4) is 0 Å². The van der Waals surface area contributed by atoms with Gasteiger partial charge in [0.15, 0.2) is 0 Å². The van der Waals surface area contributed by atoms with Crippen molar-refractivity contribution in [3.05, 3.63) is 54.2 Å². The fraction of sp³-hybridized carbons (Fsp3) is 0.267. The molecule has 0 N–H and O–H groups in total. The fourth-order valence-corrected chi connectivity index (χ4v) is 3.48. The molecule has 1 aliphatic rings. The number of allylic oxidation sites excluding steroid dienone is 1. The van der Waals surface area contributed by atoms with Crippen molar-refractivity contribution < 1.29 is 18.5 Å². The summed E-state index contributed by atoms with van der Waals surface area (Å²) in [4.78, 5) is 12.1. The fourth-order valence-electron chi connectivity index (χ4n) is 1.82. The van der Waals surface area contributed by atoms with Crippen molar-refractivity contribution in [1.82, 2.24) is 0 Å². The van der Waals surface area contributed by atoms with Gasteiger partial charge in [0.25, 0.3) is 0 Å². The molecule has 112 valence electrons. The predicted octanol–water partition coefficient (Wildman–Crippen LogP) is 3.49. The molecule has 2 rings (SSSR count). The zero-order valence-corrected chi connectivity index (χ0v) is 12.4. The van der Waals surface area contributed by atoms with Gasteiger partial charge in [-0.15, -0.1) is 4.36 Å². The summed E-state index contributed by atoms with van der Waals surface area (Å²) >= 11 is 0. The molecule has 1 aromatic carbocycles. The van der Waals surface area contributed by atoms with E-state index < -0.39 is 15.8 Å². The van der Waals surface area contributed by atoms with Gasteiger partial charge < -0.3 is 9.47 Å². The minimum atomic E-state index is -3.05. The number of nitrogens with zero attached hydrogens (tertiary/aromatic N) is 1. The Labute approximate surface area is 124 Å². The number of hydrogen-bond acceptors (Lipinski definition) is 4. The molecule has 5 nitrogen and oxygen atoms in total. The van der Waals surface area contributed by atoms with E-state index in [1.807, 2.05) is 0 Å². The normalized spacial score (nSPS) is 18.6. The zero-order valence-electron chi connectivity index (χ0n) is 11.6. The van der Waals surface area contributed by atoms with Crippen molar-refractivity contribution in [2.75, 3.05) is 13.2 Å². The van der Waals surface area contributed by atoms with E-state index >= 15 is 0 Å². The largest absolute Gasteiger partial charge is 0.497 e. The topological polar surface area (TPSA) is 65.0 Å². The Morgan fingerprint density at radius 1 is 1.43 bits per heavy atom. The Morgan fingerprint density at radius 2 is 2.19 bits per heavy atom. The van der Waals surface area contributed by atoms with Gasteiger partial charge in [-0.05, 0) is 18.6 Å². The van der Waals surface area contributed by atoms with Gasteiger partial charge in [-0.1, -0.05) is 30.9 Å². The first-order valence-electron chi connectivity index (χ1n) is 6.57. The van der Waals surface area contributed by atoms with Crippen LogP contribution < -0.4 is 0 Å². The molecule has 0 saturated carbocycles. The van der Waals surface area contributed by atoms with Crippen LogP contribution in [0.5, 0.6) is 0 Å². The molecule has 1 fully saturated rings. The zero-order chi connectivity index (χ0) is 15.1. The third-order valence-electron chi connectivity index (χ3n) is 2.76. The smallest absolute Gasteiger partial charge is 0.442 e. The second kappa shape index (κ2) is 7.08. The van der Waals surface area contributed by atoms with Gasteiger partial charge >= 0.3 is 6.09 Å². The van der Waals surface area contributed by atoms with E-state index in [2.05, 4.69) is 10.9 Å². The maximum absolute atomic E-state index is 13.1. The first kappa shape index (κ1) is 15.3. The van der Waals surface area contributed by atoms with Crippen molar-refractivity contribution in [1.29, 1.82) is 0 Å². The standard InChI is InChI=1S/C15H17NO4S/c1-2-10-20-15(17)16-21(18,12-13-7-6-11-19-13)14-8-4-3-5-9-14/h2-5,8-9,12H,1,6-7,10-11H2/b13-12-. The van der Waals surface area contributed by atoms with Crippen molar-refractivity contribution in [2.24, 2.45) is 4.36 Å². The second-order valence-electron chi connectivity index (χ2n) is 4.37. The molecule has 1 heterocycles. The Bertz CT molecular complexity index is 650. The molecular weight excluding hydrogens is 290 g/mol. The molecule has 0 radical (unpaired) electrons. The predicted molar refractivity (Wildman–Crippen MR) is 80.1 cm³/mol. The number of amides is 1. The molecule has 6 heteroatoms. The highest BCUT2D eigenvalue weighted by molar-refractivity contribution is 7.96. The molecule has 21 heavy (non-hydrogen) atoms. The van der Waals surface area contributed by atoms with Crippen LogP contribution in [0.25, 0.3) is 0 Å². The van der Waals surface area contributed by atoms with Crippen molar-refractivity contribution in [3.63, 3.8) is 0 Å². The van der Waals surface area contributed by atoms with Crippen molar-refractivity contribution in [2.45, 2.75) is 17.7 Å². The molecule has 1 saturated heterocycles. The average Bonchev–Trinajstić information content (AvgIpc) is 2.98. The van der Waals surface area contributed by atoms with Crippen molar-refractivity contribution >= 4 is 15.8 Å². The molecule has 0 aromatic heterocycles. The van der Waals surface area contributed by atoms with E-state index in [4.69, 9.17) is 9.47 Å². The van der Waals surface area contributed by atoms with Crippen LogP contribution in [-0.4, -0.2) is 23.5 Å². The summed E-state index contributed by atoms with van der Waals surface area (Å²) in [5.41, 5.74) is 0. The number of carbonyl (C=O) groups is 1. The maximum Gasteiger partial charge on any atom is 0.442 e. The maximum atomic E-state index is 13.1. The van der Waals surface area contributed by atoms with Gasteiger partial charge in [0.2, 0.25) is 0 Å². The Morgan fingerprint density at radius 3 is 2.81 bits per heavy atom.